The molecule has 2 N–H and O–H groups in total. The van der Waals surface area contributed by atoms with Crippen molar-refractivity contribution in [2.75, 3.05) is 31.9 Å². The Hall–Kier alpha value is -4.97. The number of carboxylic acid groups (broad SMARTS) is 1. The number of piperazine rings is 1. The van der Waals surface area contributed by atoms with Crippen LogP contribution < -0.4 is 0 Å². The molecule has 5 aromatic carbocycles. The van der Waals surface area contributed by atoms with Crippen molar-refractivity contribution >= 4 is 52.4 Å². The Morgan fingerprint density at radius 2 is 1.42 bits per heavy atom. The Balaban J connectivity index is 0.000000225. The molecule has 0 radical (unpaired) electrons. The van der Waals surface area contributed by atoms with Crippen LogP contribution in [0.25, 0.3) is 23.1 Å². The van der Waals surface area contributed by atoms with Gasteiger partial charge in [0.15, 0.2) is 0 Å². The Morgan fingerprint density at radius 3 is 2.05 bits per heavy atom. The highest BCUT2D eigenvalue weighted by atomic mass is 35.5. The average molecular weight is 907 g/mol. The molecular formula is C53H55ClF3N3O3S. The number of carbonyl (C=O) groups is 1. The number of rotatable bonds is 15. The van der Waals surface area contributed by atoms with Crippen molar-refractivity contribution in [3.8, 4) is 0 Å². The van der Waals surface area contributed by atoms with Gasteiger partial charge in [-0.05, 0) is 103 Å². The molecule has 2 heterocycles. The Bertz CT molecular complexity index is 2460. The number of halogens is 4. The fourth-order valence-electron chi connectivity index (χ4n) is 8.48. The molecular weight excluding hydrogens is 851 g/mol. The molecule has 334 valence electrons. The van der Waals surface area contributed by atoms with Crippen LogP contribution >= 0.6 is 23.4 Å². The van der Waals surface area contributed by atoms with Gasteiger partial charge in [0, 0.05) is 47.6 Å². The van der Waals surface area contributed by atoms with Crippen LogP contribution in [0, 0.1) is 5.41 Å². The van der Waals surface area contributed by atoms with Gasteiger partial charge in [0.2, 0.25) is 0 Å². The first-order valence-electron chi connectivity index (χ1n) is 21.8. The molecule has 1 saturated heterocycles. The fraction of sp³-hybridized carbons (Fsp3) is 0.321. The Kier molecular flexibility index (Phi) is 15.3. The molecule has 8 rings (SSSR count). The number of carboxylic acids is 1. The maximum absolute atomic E-state index is 12.8. The normalized spacial score (nSPS) is 16.1. The summed E-state index contributed by atoms with van der Waals surface area (Å²) in [4.78, 5) is 19.0. The van der Waals surface area contributed by atoms with Gasteiger partial charge < -0.3 is 10.2 Å². The number of aliphatic hydroxyl groups is 1. The first-order chi connectivity index (χ1) is 30.7. The molecule has 2 fully saturated rings. The molecule has 0 bridgehead atoms. The van der Waals surface area contributed by atoms with Crippen LogP contribution in [0.1, 0.15) is 89.9 Å². The number of hydrogen-bond acceptors (Lipinski definition) is 6. The zero-order valence-corrected chi connectivity index (χ0v) is 37.8. The third-order valence-corrected chi connectivity index (χ3v) is 14.0. The highest BCUT2D eigenvalue weighted by Crippen LogP contribution is 2.53. The lowest BCUT2D eigenvalue weighted by Crippen LogP contribution is -2.52. The zero-order chi connectivity index (χ0) is 45.3. The molecule has 1 aromatic heterocycles. The second kappa shape index (κ2) is 20.9. The summed E-state index contributed by atoms with van der Waals surface area (Å²) < 4.78 is 38.5. The van der Waals surface area contributed by atoms with Crippen LogP contribution in [0.4, 0.5) is 13.2 Å². The SMILES string of the molecule is CC(C)(O)c1ccccc1CC[C@@H](SCC1(CC(=O)O)CC1)c1cccc(C=Cc2ccc3ccc(Cl)cc3n2)c1.FC(F)(F)N1CCN(C(c2ccccc2)c2ccccc2)CC1. The van der Waals surface area contributed by atoms with Gasteiger partial charge in [-0.3, -0.25) is 9.69 Å². The predicted octanol–water partition coefficient (Wildman–Crippen LogP) is 12.9. The number of aliphatic carboxylic acids is 1. The minimum atomic E-state index is -4.24. The summed E-state index contributed by atoms with van der Waals surface area (Å²) in [5.74, 6) is 0.122. The number of thioether (sulfide) groups is 1. The van der Waals surface area contributed by atoms with Crippen molar-refractivity contribution in [1.29, 1.82) is 0 Å². The van der Waals surface area contributed by atoms with Gasteiger partial charge in [0.1, 0.15) is 0 Å². The van der Waals surface area contributed by atoms with Gasteiger partial charge in [-0.25, -0.2) is 9.88 Å². The van der Waals surface area contributed by atoms with Gasteiger partial charge in [-0.1, -0.05) is 139 Å². The summed E-state index contributed by atoms with van der Waals surface area (Å²) >= 11 is 8.04. The molecule has 0 amide bonds. The highest BCUT2D eigenvalue weighted by Gasteiger charge is 2.45. The van der Waals surface area contributed by atoms with E-state index in [9.17, 15) is 28.2 Å². The topological polar surface area (TPSA) is 76.9 Å². The lowest BCUT2D eigenvalue weighted by molar-refractivity contribution is -0.253. The van der Waals surface area contributed by atoms with E-state index in [1.54, 1.807) is 0 Å². The number of hydrogen-bond donors (Lipinski definition) is 2. The quantitative estimate of drug-likeness (QED) is 0.0994. The molecule has 1 aliphatic heterocycles. The summed E-state index contributed by atoms with van der Waals surface area (Å²) in [6.07, 6.45) is 3.78. The molecule has 64 heavy (non-hydrogen) atoms. The van der Waals surface area contributed by atoms with Crippen molar-refractivity contribution in [3.63, 3.8) is 0 Å². The van der Waals surface area contributed by atoms with E-state index >= 15 is 0 Å². The van der Waals surface area contributed by atoms with Crippen molar-refractivity contribution in [1.82, 2.24) is 14.8 Å². The van der Waals surface area contributed by atoms with E-state index in [0.29, 0.717) is 23.0 Å². The van der Waals surface area contributed by atoms with Crippen LogP contribution in [0.15, 0.2) is 140 Å². The summed E-state index contributed by atoms with van der Waals surface area (Å²) in [7, 11) is 0. The van der Waals surface area contributed by atoms with Crippen molar-refractivity contribution < 1.29 is 28.2 Å². The van der Waals surface area contributed by atoms with Crippen LogP contribution in [0.3, 0.4) is 0 Å². The second-order valence-corrected chi connectivity index (χ2v) is 19.0. The summed E-state index contributed by atoms with van der Waals surface area (Å²) in [5, 5.41) is 22.1. The minimum Gasteiger partial charge on any atom is -0.481 e. The van der Waals surface area contributed by atoms with Crippen LogP contribution in [-0.2, 0) is 16.8 Å². The summed E-state index contributed by atoms with van der Waals surface area (Å²) in [6.45, 7) is 4.48. The summed E-state index contributed by atoms with van der Waals surface area (Å²) in [5.41, 5.74) is 7.37. The minimum absolute atomic E-state index is 0.00668. The smallest absolute Gasteiger partial charge is 0.460 e. The highest BCUT2D eigenvalue weighted by molar-refractivity contribution is 7.99. The van der Waals surface area contributed by atoms with E-state index in [1.165, 1.54) is 5.56 Å². The maximum atomic E-state index is 12.8. The maximum Gasteiger partial charge on any atom is 0.460 e. The van der Waals surface area contributed by atoms with Crippen molar-refractivity contribution in [2.45, 2.75) is 69.1 Å². The number of alkyl halides is 3. The van der Waals surface area contributed by atoms with Crippen LogP contribution in [0.2, 0.25) is 5.02 Å². The fourth-order valence-corrected chi connectivity index (χ4v) is 10.2. The van der Waals surface area contributed by atoms with E-state index in [-0.39, 0.29) is 36.2 Å². The molecule has 6 nitrogen and oxygen atoms in total. The molecule has 2 aliphatic rings. The molecule has 1 aliphatic carbocycles. The average Bonchev–Trinajstić information content (AvgIpc) is 4.04. The standard InChI is InChI=1S/C35H36ClNO3S.C18H19F3N2/c1-34(2,40)30-9-4-3-7-25(30)13-17-32(41-23-35(18-19-35)22-33(38)39)27-8-5-6-24(20-27)10-15-29-16-12-26-11-14-28(36)21-31(26)37-29;19-18(20,21)23-13-11-22(12-14-23)17(15-7-3-1-4-8-15)16-9-5-2-6-10-16/h3-12,14-16,20-21,32,40H,13,17-19,22-23H2,1-2H3,(H,38,39);1-10,17H,11-14H2/t32-;/m1./s1. The number of pyridine rings is 1. The lowest BCUT2D eigenvalue weighted by Gasteiger charge is -2.40. The number of fused-ring (bicyclic) bond motifs is 1. The predicted molar refractivity (Wildman–Crippen MR) is 255 cm³/mol. The van der Waals surface area contributed by atoms with Crippen LogP contribution in [-0.4, -0.2) is 69.2 Å². The number of benzene rings is 5. The molecule has 1 saturated carbocycles. The lowest BCUT2D eigenvalue weighted by atomic mass is 9.90. The first kappa shape index (κ1) is 47.0. The Morgan fingerprint density at radius 1 is 0.797 bits per heavy atom. The van der Waals surface area contributed by atoms with E-state index in [2.05, 4.69) is 47.4 Å². The van der Waals surface area contributed by atoms with Crippen molar-refractivity contribution in [3.05, 3.63) is 184 Å². The van der Waals surface area contributed by atoms with E-state index in [4.69, 9.17) is 16.6 Å². The number of aryl methyl sites for hydroxylation is 1. The monoisotopic (exact) mass is 905 g/mol. The molecule has 6 aromatic rings. The Labute approximate surface area is 383 Å². The molecule has 0 spiro atoms. The van der Waals surface area contributed by atoms with E-state index < -0.39 is 17.9 Å². The third-order valence-electron chi connectivity index (χ3n) is 12.1. The number of nitrogens with zero attached hydrogens (tertiary/aromatic N) is 3. The zero-order valence-electron chi connectivity index (χ0n) is 36.2. The second-order valence-electron chi connectivity index (χ2n) is 17.4. The summed E-state index contributed by atoms with van der Waals surface area (Å²) in [6, 6.07) is 46.4. The van der Waals surface area contributed by atoms with Gasteiger partial charge in [-0.2, -0.15) is 24.9 Å². The van der Waals surface area contributed by atoms with Crippen LogP contribution in [0.5, 0.6) is 0 Å². The molecule has 11 heteroatoms. The van der Waals surface area contributed by atoms with Gasteiger partial charge in [0.25, 0.3) is 0 Å². The largest absolute Gasteiger partial charge is 0.481 e. The number of aromatic nitrogens is 1. The third kappa shape index (κ3) is 12.9. The van der Waals surface area contributed by atoms with Crippen molar-refractivity contribution in [2.24, 2.45) is 5.41 Å². The van der Waals surface area contributed by atoms with Gasteiger partial charge in [-0.15, -0.1) is 0 Å². The molecule has 0 unspecified atom stereocenters. The van der Waals surface area contributed by atoms with Gasteiger partial charge in [0.05, 0.1) is 29.3 Å². The van der Waals surface area contributed by atoms with E-state index in [1.807, 2.05) is 135 Å². The van der Waals surface area contributed by atoms with E-state index in [0.717, 1.165) is 75.9 Å². The molecule has 1 atom stereocenters. The van der Waals surface area contributed by atoms with Gasteiger partial charge >= 0.3 is 12.3 Å². The first-order valence-corrected chi connectivity index (χ1v) is 23.2.